The van der Waals surface area contributed by atoms with E-state index in [1.54, 1.807) is 0 Å². The summed E-state index contributed by atoms with van der Waals surface area (Å²) in [6.45, 7) is 0. The van der Waals surface area contributed by atoms with Crippen molar-refractivity contribution in [2.45, 2.75) is 50.5 Å². The van der Waals surface area contributed by atoms with Gasteiger partial charge >= 0.3 is 0 Å². The molecule has 22 heavy (non-hydrogen) atoms. The van der Waals surface area contributed by atoms with Gasteiger partial charge in [0.25, 0.3) is 10.1 Å². The topological polar surface area (TPSA) is 91.7 Å². The molecule has 5 aliphatic rings. The van der Waals surface area contributed by atoms with Gasteiger partial charge in [-0.2, -0.15) is 8.42 Å². The van der Waals surface area contributed by atoms with E-state index in [9.17, 15) is 18.0 Å². The Morgan fingerprint density at radius 3 is 2.00 bits per heavy atom. The number of rotatable bonds is 3. The van der Waals surface area contributed by atoms with Gasteiger partial charge in [0.05, 0.1) is 17.2 Å². The molecule has 0 aromatic heterocycles. The summed E-state index contributed by atoms with van der Waals surface area (Å²) >= 11 is 0. The van der Waals surface area contributed by atoms with Crippen molar-refractivity contribution in [1.82, 2.24) is 4.90 Å². The molecule has 4 aliphatic carbocycles. The SMILES string of the molecule is O=C1CC(CS(=O)(=O)O)C(=O)N1C12CC3CC(CC(C3)C1)C2. The van der Waals surface area contributed by atoms with Crippen molar-refractivity contribution in [3.8, 4) is 0 Å². The predicted molar refractivity (Wildman–Crippen MR) is 77.3 cm³/mol. The lowest BCUT2D eigenvalue weighted by Gasteiger charge is -2.59. The molecule has 0 aromatic carbocycles. The van der Waals surface area contributed by atoms with Crippen molar-refractivity contribution in [2.24, 2.45) is 23.7 Å². The summed E-state index contributed by atoms with van der Waals surface area (Å²) in [5.41, 5.74) is -0.364. The quantitative estimate of drug-likeness (QED) is 0.621. The van der Waals surface area contributed by atoms with Crippen LogP contribution in [0.25, 0.3) is 0 Å². The van der Waals surface area contributed by atoms with Gasteiger partial charge in [0.2, 0.25) is 11.8 Å². The normalized spacial score (nSPS) is 44.1. The number of nitrogens with zero attached hydrogens (tertiary/aromatic N) is 1. The fourth-order valence-corrected chi connectivity index (χ4v) is 6.69. The van der Waals surface area contributed by atoms with Gasteiger partial charge in [0.1, 0.15) is 0 Å². The Bertz CT molecular complexity index is 605. The maximum absolute atomic E-state index is 12.6. The zero-order chi connectivity index (χ0) is 15.7. The largest absolute Gasteiger partial charge is 0.286 e. The number of hydrogen-bond donors (Lipinski definition) is 1. The van der Waals surface area contributed by atoms with Crippen LogP contribution >= 0.6 is 0 Å². The van der Waals surface area contributed by atoms with E-state index in [1.807, 2.05) is 0 Å². The highest BCUT2D eigenvalue weighted by Crippen LogP contribution is 2.58. The van der Waals surface area contributed by atoms with Crippen molar-refractivity contribution < 1.29 is 22.6 Å². The highest BCUT2D eigenvalue weighted by Gasteiger charge is 2.59. The molecule has 0 aromatic rings. The molecule has 7 heteroatoms. The summed E-state index contributed by atoms with van der Waals surface area (Å²) < 4.78 is 31.1. The van der Waals surface area contributed by atoms with Gasteiger partial charge < -0.3 is 0 Å². The van der Waals surface area contributed by atoms with Crippen LogP contribution in [0.3, 0.4) is 0 Å². The van der Waals surface area contributed by atoms with E-state index < -0.39 is 21.8 Å². The zero-order valence-corrected chi connectivity index (χ0v) is 13.2. The second-order valence-electron chi connectivity index (χ2n) is 7.86. The highest BCUT2D eigenvalue weighted by atomic mass is 32.2. The third-order valence-corrected chi connectivity index (χ3v) is 6.96. The maximum atomic E-state index is 12.6. The first-order chi connectivity index (χ1) is 10.3. The van der Waals surface area contributed by atoms with Gasteiger partial charge in [0, 0.05) is 6.42 Å². The first kappa shape index (κ1) is 14.6. The Morgan fingerprint density at radius 1 is 1.05 bits per heavy atom. The maximum Gasteiger partial charge on any atom is 0.265 e. The third kappa shape index (κ3) is 2.21. The molecule has 5 rings (SSSR count). The highest BCUT2D eigenvalue weighted by molar-refractivity contribution is 7.85. The van der Waals surface area contributed by atoms with Crippen LogP contribution in [-0.4, -0.2) is 41.0 Å². The van der Waals surface area contributed by atoms with Crippen LogP contribution in [0.1, 0.15) is 44.9 Å². The molecule has 122 valence electrons. The molecule has 2 amide bonds. The molecule has 4 saturated carbocycles. The molecule has 1 N–H and O–H groups in total. The summed E-state index contributed by atoms with van der Waals surface area (Å²) in [6.07, 6.45) is 6.21. The minimum absolute atomic E-state index is 0.0830. The lowest BCUT2D eigenvalue weighted by Crippen LogP contribution is -2.61. The van der Waals surface area contributed by atoms with Gasteiger partial charge in [-0.15, -0.1) is 0 Å². The first-order valence-electron chi connectivity index (χ1n) is 8.08. The average molecular weight is 327 g/mol. The molecule has 4 bridgehead atoms. The number of hydrogen-bond acceptors (Lipinski definition) is 4. The standard InChI is InChI=1S/C15H21NO5S/c17-13-4-12(8-22(19,20)21)14(18)16(13)15-5-9-1-10(6-15)3-11(2-9)7-15/h9-12H,1-8H2,(H,19,20,21). The average Bonchev–Trinajstić information content (AvgIpc) is 2.60. The Balaban J connectivity index is 1.62. The lowest BCUT2D eigenvalue weighted by atomic mass is 9.52. The van der Waals surface area contributed by atoms with Gasteiger partial charge in [-0.3, -0.25) is 19.0 Å². The number of amides is 2. The predicted octanol–water partition coefficient (Wildman–Crippen LogP) is 1.22. The molecule has 6 nitrogen and oxygen atoms in total. The summed E-state index contributed by atoms with van der Waals surface area (Å²) in [7, 11) is -4.24. The van der Waals surface area contributed by atoms with Crippen LogP contribution < -0.4 is 0 Å². The Labute approximate surface area is 130 Å². The van der Waals surface area contributed by atoms with E-state index in [4.69, 9.17) is 4.55 Å². The monoisotopic (exact) mass is 327 g/mol. The van der Waals surface area contributed by atoms with E-state index in [-0.39, 0.29) is 23.8 Å². The lowest BCUT2D eigenvalue weighted by molar-refractivity contribution is -0.158. The van der Waals surface area contributed by atoms with Crippen LogP contribution in [-0.2, 0) is 19.7 Å². The second kappa shape index (κ2) is 4.54. The molecular weight excluding hydrogens is 306 g/mol. The minimum Gasteiger partial charge on any atom is -0.286 e. The van der Waals surface area contributed by atoms with Crippen molar-refractivity contribution >= 4 is 21.9 Å². The third-order valence-electron chi connectivity index (χ3n) is 6.13. The van der Waals surface area contributed by atoms with Gasteiger partial charge in [-0.1, -0.05) is 0 Å². The summed E-state index contributed by atoms with van der Waals surface area (Å²) in [5.74, 6) is -0.367. The summed E-state index contributed by atoms with van der Waals surface area (Å²) in [4.78, 5) is 26.5. The first-order valence-corrected chi connectivity index (χ1v) is 9.69. The molecule has 0 spiro atoms. The molecule has 1 aliphatic heterocycles. The van der Waals surface area contributed by atoms with E-state index in [2.05, 4.69) is 0 Å². The minimum atomic E-state index is -4.24. The van der Waals surface area contributed by atoms with Crippen LogP contribution in [0.4, 0.5) is 0 Å². The van der Waals surface area contributed by atoms with E-state index >= 15 is 0 Å². The van der Waals surface area contributed by atoms with Crippen molar-refractivity contribution in [3.63, 3.8) is 0 Å². The number of carbonyl (C=O) groups is 2. The number of carbonyl (C=O) groups excluding carboxylic acids is 2. The molecule has 1 heterocycles. The Morgan fingerprint density at radius 2 is 1.55 bits per heavy atom. The zero-order valence-electron chi connectivity index (χ0n) is 12.4. The molecule has 1 unspecified atom stereocenters. The number of likely N-dealkylation sites (tertiary alicyclic amines) is 1. The molecule has 5 fully saturated rings. The van der Waals surface area contributed by atoms with Crippen molar-refractivity contribution in [3.05, 3.63) is 0 Å². The Kier molecular flexibility index (Phi) is 3.02. The van der Waals surface area contributed by atoms with E-state index in [0.29, 0.717) is 17.8 Å². The second-order valence-corrected chi connectivity index (χ2v) is 9.36. The van der Waals surface area contributed by atoms with Crippen LogP contribution in [0.15, 0.2) is 0 Å². The fraction of sp³-hybridized carbons (Fsp3) is 0.867. The fourth-order valence-electron chi connectivity index (χ4n) is 5.92. The van der Waals surface area contributed by atoms with E-state index in [0.717, 1.165) is 19.3 Å². The molecule has 1 saturated heterocycles. The summed E-state index contributed by atoms with van der Waals surface area (Å²) in [6, 6.07) is 0. The number of imide groups is 1. The van der Waals surface area contributed by atoms with Gasteiger partial charge in [0.15, 0.2) is 0 Å². The van der Waals surface area contributed by atoms with Gasteiger partial charge in [-0.05, 0) is 56.3 Å². The molecular formula is C15H21NO5S. The van der Waals surface area contributed by atoms with Crippen molar-refractivity contribution in [1.29, 1.82) is 0 Å². The van der Waals surface area contributed by atoms with E-state index in [1.165, 1.54) is 24.2 Å². The Hall–Kier alpha value is -0.950. The molecule has 1 atom stereocenters. The van der Waals surface area contributed by atoms with Crippen LogP contribution in [0, 0.1) is 23.7 Å². The van der Waals surface area contributed by atoms with Gasteiger partial charge in [-0.25, -0.2) is 0 Å². The smallest absolute Gasteiger partial charge is 0.265 e. The summed E-state index contributed by atoms with van der Waals surface area (Å²) in [5, 5.41) is 0. The van der Waals surface area contributed by atoms with Crippen LogP contribution in [0.5, 0.6) is 0 Å². The van der Waals surface area contributed by atoms with Crippen LogP contribution in [0.2, 0.25) is 0 Å². The molecule has 0 radical (unpaired) electrons. The van der Waals surface area contributed by atoms with Crippen molar-refractivity contribution in [2.75, 3.05) is 5.75 Å².